The van der Waals surface area contributed by atoms with Gasteiger partial charge in [-0.05, 0) is 79.6 Å². The zero-order chi connectivity index (χ0) is 25.7. The van der Waals surface area contributed by atoms with Gasteiger partial charge in [-0.1, -0.05) is 42.5 Å². The van der Waals surface area contributed by atoms with E-state index in [1.54, 1.807) is 25.1 Å². The quantitative estimate of drug-likeness (QED) is 0.389. The lowest BCUT2D eigenvalue weighted by molar-refractivity contribution is -0.129. The number of amides is 2. The van der Waals surface area contributed by atoms with E-state index >= 15 is 0 Å². The van der Waals surface area contributed by atoms with Crippen molar-refractivity contribution in [3.63, 3.8) is 0 Å². The third-order valence-electron chi connectivity index (χ3n) is 6.59. The number of nitrogen functional groups attached to an aromatic ring is 1. The third-order valence-corrected chi connectivity index (χ3v) is 6.59. The van der Waals surface area contributed by atoms with Gasteiger partial charge in [-0.2, -0.15) is 0 Å². The van der Waals surface area contributed by atoms with Gasteiger partial charge in [-0.15, -0.1) is 0 Å². The number of carbonyl (C=O) groups is 2. The number of aromatic nitrogens is 1. The topological polar surface area (TPSA) is 109 Å². The number of hydrogen-bond acceptors (Lipinski definition) is 5. The predicted octanol–water partition coefficient (Wildman–Crippen LogP) is 3.12. The highest BCUT2D eigenvalue weighted by Crippen LogP contribution is 2.24. The summed E-state index contributed by atoms with van der Waals surface area (Å²) in [4.78, 5) is 29.5. The van der Waals surface area contributed by atoms with Gasteiger partial charge in [0.25, 0.3) is 0 Å². The standard InChI is InChI=1S/C28H32FN5O2/c1-17-23(8-11-26(30)33-17)16-32-27(35)18(2)34-28(36)25-14-20(15-31-25)12-19-4-3-5-22(13-19)21-6-9-24(29)10-7-21/h3-11,13,18,20,25,31H,12,14-16H2,1-2H3,(H2,30,33)(H,32,35)(H,34,36)/t18-,20-,25+/m0/s1. The minimum absolute atomic E-state index is 0.175. The molecule has 188 valence electrons. The number of pyridine rings is 1. The van der Waals surface area contributed by atoms with Crippen molar-refractivity contribution in [2.75, 3.05) is 12.3 Å². The molecular formula is C28H32FN5O2. The SMILES string of the molecule is Cc1nc(N)ccc1CNC(=O)[C@H](C)NC(=O)[C@H]1C[C@H](Cc2cccc(-c3ccc(F)cc3)c2)CN1. The first-order valence-electron chi connectivity index (χ1n) is 12.2. The van der Waals surface area contributed by atoms with Crippen LogP contribution >= 0.6 is 0 Å². The summed E-state index contributed by atoms with van der Waals surface area (Å²) in [5, 5.41) is 8.95. The van der Waals surface area contributed by atoms with Gasteiger partial charge in [0.1, 0.15) is 17.7 Å². The Morgan fingerprint density at radius 2 is 1.92 bits per heavy atom. The number of benzene rings is 2. The van der Waals surface area contributed by atoms with E-state index in [4.69, 9.17) is 5.73 Å². The van der Waals surface area contributed by atoms with Crippen LogP contribution in [0.1, 0.15) is 30.2 Å². The van der Waals surface area contributed by atoms with Crippen LogP contribution in [0.2, 0.25) is 0 Å². The first-order valence-corrected chi connectivity index (χ1v) is 12.2. The molecule has 7 nitrogen and oxygen atoms in total. The van der Waals surface area contributed by atoms with Crippen molar-refractivity contribution in [1.29, 1.82) is 0 Å². The number of anilines is 1. The summed E-state index contributed by atoms with van der Waals surface area (Å²) in [6.07, 6.45) is 1.52. The van der Waals surface area contributed by atoms with E-state index in [9.17, 15) is 14.0 Å². The van der Waals surface area contributed by atoms with Crippen molar-refractivity contribution in [3.05, 3.63) is 83.3 Å². The second-order valence-electron chi connectivity index (χ2n) is 9.40. The number of rotatable bonds is 8. The summed E-state index contributed by atoms with van der Waals surface area (Å²) >= 11 is 0. The summed E-state index contributed by atoms with van der Waals surface area (Å²) in [5.74, 6) is 0.0510. The second kappa shape index (κ2) is 11.3. The van der Waals surface area contributed by atoms with E-state index in [1.165, 1.54) is 17.7 Å². The average Bonchev–Trinajstić information content (AvgIpc) is 3.32. The molecule has 1 aliphatic heterocycles. The van der Waals surface area contributed by atoms with Crippen LogP contribution in [-0.2, 0) is 22.6 Å². The highest BCUT2D eigenvalue weighted by molar-refractivity contribution is 5.89. The van der Waals surface area contributed by atoms with Crippen molar-refractivity contribution in [3.8, 4) is 11.1 Å². The molecule has 0 bridgehead atoms. The normalized spacial score (nSPS) is 18.0. The molecule has 1 saturated heterocycles. The van der Waals surface area contributed by atoms with E-state index in [1.807, 2.05) is 25.1 Å². The zero-order valence-corrected chi connectivity index (χ0v) is 20.6. The molecule has 5 N–H and O–H groups in total. The second-order valence-corrected chi connectivity index (χ2v) is 9.40. The average molecular weight is 490 g/mol. The maximum Gasteiger partial charge on any atom is 0.242 e. The van der Waals surface area contributed by atoms with Gasteiger partial charge in [0, 0.05) is 12.2 Å². The van der Waals surface area contributed by atoms with Crippen LogP contribution in [0.5, 0.6) is 0 Å². The summed E-state index contributed by atoms with van der Waals surface area (Å²) in [6, 6.07) is 17.2. The smallest absolute Gasteiger partial charge is 0.242 e. The minimum atomic E-state index is -0.659. The largest absolute Gasteiger partial charge is 0.384 e. The number of hydrogen-bond donors (Lipinski definition) is 4. The molecule has 2 heterocycles. The molecule has 3 atom stereocenters. The Hall–Kier alpha value is -3.78. The van der Waals surface area contributed by atoms with Crippen LogP contribution in [0.4, 0.5) is 10.2 Å². The molecule has 2 amide bonds. The number of nitrogens with zero attached hydrogens (tertiary/aromatic N) is 1. The molecule has 0 spiro atoms. The third kappa shape index (κ3) is 6.46. The van der Waals surface area contributed by atoms with E-state index in [2.05, 4.69) is 33.1 Å². The van der Waals surface area contributed by atoms with Crippen LogP contribution in [0, 0.1) is 18.7 Å². The highest BCUT2D eigenvalue weighted by Gasteiger charge is 2.31. The molecule has 0 radical (unpaired) electrons. The summed E-state index contributed by atoms with van der Waals surface area (Å²) in [5.41, 5.74) is 10.5. The van der Waals surface area contributed by atoms with Crippen molar-refractivity contribution < 1.29 is 14.0 Å². The van der Waals surface area contributed by atoms with Crippen LogP contribution in [-0.4, -0.2) is 35.4 Å². The molecule has 0 saturated carbocycles. The van der Waals surface area contributed by atoms with Crippen molar-refractivity contribution in [1.82, 2.24) is 20.9 Å². The van der Waals surface area contributed by atoms with Gasteiger partial charge in [0.05, 0.1) is 6.04 Å². The number of halogens is 1. The number of aryl methyl sites for hydroxylation is 1. The van der Waals surface area contributed by atoms with Gasteiger partial charge in [-0.3, -0.25) is 9.59 Å². The number of nitrogens with one attached hydrogen (secondary N) is 3. The Labute approximate surface area is 210 Å². The Morgan fingerprint density at radius 1 is 1.14 bits per heavy atom. The van der Waals surface area contributed by atoms with Crippen molar-refractivity contribution in [2.24, 2.45) is 5.92 Å². The summed E-state index contributed by atoms with van der Waals surface area (Å²) in [6.45, 7) is 4.56. The molecule has 0 unspecified atom stereocenters. The lowest BCUT2D eigenvalue weighted by Gasteiger charge is -2.17. The van der Waals surface area contributed by atoms with Crippen LogP contribution < -0.4 is 21.7 Å². The Balaban J connectivity index is 1.26. The van der Waals surface area contributed by atoms with Gasteiger partial charge in [-0.25, -0.2) is 9.37 Å². The van der Waals surface area contributed by atoms with E-state index in [0.29, 0.717) is 24.7 Å². The van der Waals surface area contributed by atoms with Gasteiger partial charge < -0.3 is 21.7 Å². The van der Waals surface area contributed by atoms with E-state index in [-0.39, 0.29) is 23.7 Å². The van der Waals surface area contributed by atoms with Crippen molar-refractivity contribution >= 4 is 17.6 Å². The molecule has 2 aromatic carbocycles. The lowest BCUT2D eigenvalue weighted by Crippen LogP contribution is -2.50. The molecule has 0 aliphatic carbocycles. The number of carbonyl (C=O) groups excluding carboxylic acids is 2. The first kappa shape index (κ1) is 25.3. The van der Waals surface area contributed by atoms with E-state index in [0.717, 1.165) is 35.3 Å². The van der Waals surface area contributed by atoms with Crippen LogP contribution in [0.25, 0.3) is 11.1 Å². The zero-order valence-electron chi connectivity index (χ0n) is 20.6. The number of nitrogens with two attached hydrogens (primary N) is 1. The molecule has 4 rings (SSSR count). The molecule has 1 fully saturated rings. The van der Waals surface area contributed by atoms with E-state index < -0.39 is 6.04 Å². The van der Waals surface area contributed by atoms with Crippen molar-refractivity contribution in [2.45, 2.75) is 45.3 Å². The maximum atomic E-state index is 13.2. The van der Waals surface area contributed by atoms with Crippen LogP contribution in [0.15, 0.2) is 60.7 Å². The molecule has 1 aliphatic rings. The minimum Gasteiger partial charge on any atom is -0.384 e. The molecule has 3 aromatic rings. The molecular weight excluding hydrogens is 457 g/mol. The summed E-state index contributed by atoms with van der Waals surface area (Å²) < 4.78 is 13.2. The highest BCUT2D eigenvalue weighted by atomic mass is 19.1. The Kier molecular flexibility index (Phi) is 7.95. The fraction of sp³-hybridized carbons (Fsp3) is 0.321. The molecule has 36 heavy (non-hydrogen) atoms. The van der Waals surface area contributed by atoms with Gasteiger partial charge in [0.2, 0.25) is 11.8 Å². The Morgan fingerprint density at radius 3 is 2.67 bits per heavy atom. The fourth-order valence-corrected chi connectivity index (χ4v) is 4.53. The maximum absolute atomic E-state index is 13.2. The predicted molar refractivity (Wildman–Crippen MR) is 138 cm³/mol. The summed E-state index contributed by atoms with van der Waals surface area (Å²) in [7, 11) is 0. The molecule has 1 aromatic heterocycles. The molecule has 8 heteroatoms. The first-order chi connectivity index (χ1) is 17.3. The van der Waals surface area contributed by atoms with Gasteiger partial charge in [0.15, 0.2) is 0 Å². The van der Waals surface area contributed by atoms with Gasteiger partial charge >= 0.3 is 0 Å². The Bertz CT molecular complexity index is 1230. The van der Waals surface area contributed by atoms with Crippen LogP contribution in [0.3, 0.4) is 0 Å². The lowest BCUT2D eigenvalue weighted by atomic mass is 9.94. The monoisotopic (exact) mass is 489 g/mol. The fourth-order valence-electron chi connectivity index (χ4n) is 4.53.